The van der Waals surface area contributed by atoms with Gasteiger partial charge in [-0.05, 0) is 18.2 Å². The Kier molecular flexibility index (Phi) is 5.51. The number of aliphatic hydroxyl groups excluding tert-OH is 1. The van der Waals surface area contributed by atoms with E-state index in [1.54, 1.807) is 0 Å². The molecule has 5 nitrogen and oxygen atoms in total. The zero-order valence-corrected chi connectivity index (χ0v) is 8.75. The van der Waals surface area contributed by atoms with Gasteiger partial charge in [0.1, 0.15) is 12.4 Å². The molecule has 0 amide bonds. The Morgan fingerprint density at radius 2 is 2.13 bits per heavy atom. The number of amidine groups is 1. The van der Waals surface area contributed by atoms with E-state index in [9.17, 15) is 5.11 Å². The van der Waals surface area contributed by atoms with Gasteiger partial charge in [0.15, 0.2) is 11.5 Å². The number of phenolic OH excluding ortho intramolecular Hbond substituents is 1. The van der Waals surface area contributed by atoms with E-state index >= 15 is 0 Å². The fourth-order valence-corrected chi connectivity index (χ4v) is 0.953. The summed E-state index contributed by atoms with van der Waals surface area (Å²) in [5.41, 5.74) is 5.73. The van der Waals surface area contributed by atoms with Crippen LogP contribution in [0, 0.1) is 5.41 Å². The number of rotatable bonds is 4. The molecular weight excluding hydrogens is 220 g/mol. The van der Waals surface area contributed by atoms with E-state index in [2.05, 4.69) is 0 Å². The number of aromatic hydroxyl groups is 1. The molecule has 0 aromatic heterocycles. The lowest BCUT2D eigenvalue weighted by Crippen LogP contribution is -2.11. The highest BCUT2D eigenvalue weighted by Crippen LogP contribution is 2.26. The maximum absolute atomic E-state index is 9.33. The van der Waals surface area contributed by atoms with E-state index < -0.39 is 0 Å². The van der Waals surface area contributed by atoms with E-state index in [1.807, 2.05) is 0 Å². The molecule has 1 aromatic rings. The lowest BCUT2D eigenvalue weighted by molar-refractivity contribution is 0.197. The second kappa shape index (κ2) is 6.10. The Morgan fingerprint density at radius 3 is 2.67 bits per heavy atom. The molecule has 1 aromatic carbocycles. The zero-order valence-electron chi connectivity index (χ0n) is 7.93. The Hall–Kier alpha value is -1.46. The number of nitrogen functional groups attached to an aromatic ring is 1. The number of aliphatic hydroxyl groups is 1. The van der Waals surface area contributed by atoms with Gasteiger partial charge in [0.25, 0.3) is 0 Å². The fraction of sp³-hybridized carbons (Fsp3) is 0.222. The molecule has 15 heavy (non-hydrogen) atoms. The minimum absolute atomic E-state index is 0. The van der Waals surface area contributed by atoms with E-state index in [-0.39, 0.29) is 43.0 Å². The summed E-state index contributed by atoms with van der Waals surface area (Å²) >= 11 is 0. The van der Waals surface area contributed by atoms with Crippen molar-refractivity contribution in [2.45, 2.75) is 0 Å². The van der Waals surface area contributed by atoms with Gasteiger partial charge >= 0.3 is 0 Å². The average Bonchev–Trinajstić information content (AvgIpc) is 2.16. The zero-order chi connectivity index (χ0) is 10.6. The summed E-state index contributed by atoms with van der Waals surface area (Å²) in [5, 5.41) is 25.0. The van der Waals surface area contributed by atoms with Crippen LogP contribution in [-0.2, 0) is 0 Å². The van der Waals surface area contributed by atoms with E-state index in [4.69, 9.17) is 21.0 Å². The molecule has 0 saturated heterocycles. The van der Waals surface area contributed by atoms with E-state index in [0.717, 1.165) is 0 Å². The largest absolute Gasteiger partial charge is 0.504 e. The summed E-state index contributed by atoms with van der Waals surface area (Å²) < 4.78 is 5.02. The molecular formula is C9H13ClN2O3. The predicted molar refractivity (Wildman–Crippen MR) is 59.0 cm³/mol. The molecule has 0 unspecified atom stereocenters. The second-order valence-electron chi connectivity index (χ2n) is 2.67. The molecule has 84 valence electrons. The minimum atomic E-state index is -0.135. The van der Waals surface area contributed by atoms with E-state index in [0.29, 0.717) is 5.56 Å². The lowest BCUT2D eigenvalue weighted by atomic mass is 10.2. The molecule has 0 aliphatic carbocycles. The van der Waals surface area contributed by atoms with Gasteiger partial charge in [-0.2, -0.15) is 0 Å². The van der Waals surface area contributed by atoms with Crippen molar-refractivity contribution >= 4 is 18.2 Å². The molecule has 0 aliphatic rings. The predicted octanol–water partition coefficient (Wildman–Crippen LogP) is 0.469. The van der Waals surface area contributed by atoms with Gasteiger partial charge in [-0.1, -0.05) is 0 Å². The molecule has 0 radical (unpaired) electrons. The summed E-state index contributed by atoms with van der Waals surface area (Å²) in [6, 6.07) is 4.36. The maximum atomic E-state index is 9.33. The van der Waals surface area contributed by atoms with E-state index in [1.165, 1.54) is 18.2 Å². The normalized spacial score (nSPS) is 9.13. The van der Waals surface area contributed by atoms with Crippen LogP contribution >= 0.6 is 12.4 Å². The monoisotopic (exact) mass is 232 g/mol. The van der Waals surface area contributed by atoms with Gasteiger partial charge in [0.05, 0.1) is 6.61 Å². The Balaban J connectivity index is 0.00000196. The average molecular weight is 233 g/mol. The summed E-state index contributed by atoms with van der Waals surface area (Å²) in [6.45, 7) is -0.0430. The first-order chi connectivity index (χ1) is 6.65. The van der Waals surface area contributed by atoms with Crippen LogP contribution in [0.1, 0.15) is 5.56 Å². The lowest BCUT2D eigenvalue weighted by Gasteiger charge is -2.07. The first-order valence-corrected chi connectivity index (χ1v) is 4.06. The third kappa shape index (κ3) is 3.65. The summed E-state index contributed by atoms with van der Waals surface area (Å²) in [6.07, 6.45) is 0. The summed E-state index contributed by atoms with van der Waals surface area (Å²) in [5.74, 6) is 0.0778. The van der Waals surface area contributed by atoms with Crippen molar-refractivity contribution in [1.29, 1.82) is 5.41 Å². The van der Waals surface area contributed by atoms with Gasteiger partial charge in [-0.15, -0.1) is 12.4 Å². The van der Waals surface area contributed by atoms with Crippen molar-refractivity contribution in [3.05, 3.63) is 23.8 Å². The molecule has 5 N–H and O–H groups in total. The van der Waals surface area contributed by atoms with Crippen LogP contribution in [-0.4, -0.2) is 29.3 Å². The summed E-state index contributed by atoms with van der Waals surface area (Å²) in [4.78, 5) is 0. The number of hydrogen-bond donors (Lipinski definition) is 4. The third-order valence-electron chi connectivity index (χ3n) is 1.62. The Bertz CT molecular complexity index is 344. The smallest absolute Gasteiger partial charge is 0.161 e. The maximum Gasteiger partial charge on any atom is 0.161 e. The quantitative estimate of drug-likeness (QED) is 0.448. The molecule has 6 heteroatoms. The number of nitrogens with two attached hydrogens (primary N) is 1. The Morgan fingerprint density at radius 1 is 1.47 bits per heavy atom. The van der Waals surface area contributed by atoms with Gasteiger partial charge in [-0.25, -0.2) is 0 Å². The molecule has 0 fully saturated rings. The number of phenols is 1. The highest BCUT2D eigenvalue weighted by Gasteiger charge is 2.05. The number of nitrogens with one attached hydrogen (secondary N) is 1. The van der Waals surface area contributed by atoms with Crippen molar-refractivity contribution < 1.29 is 14.9 Å². The SMILES string of the molecule is Cl.N=C(N)c1ccc(O)c(OCCO)c1. The van der Waals surface area contributed by atoms with Crippen LogP contribution in [0.15, 0.2) is 18.2 Å². The van der Waals surface area contributed by atoms with Crippen LogP contribution < -0.4 is 10.5 Å². The van der Waals surface area contributed by atoms with Crippen LogP contribution in [0.5, 0.6) is 11.5 Å². The first-order valence-electron chi connectivity index (χ1n) is 4.06. The number of halogens is 1. The third-order valence-corrected chi connectivity index (χ3v) is 1.62. The molecule has 1 rings (SSSR count). The van der Waals surface area contributed by atoms with Gasteiger partial charge in [0.2, 0.25) is 0 Å². The molecule has 0 heterocycles. The first kappa shape index (κ1) is 13.5. The van der Waals surface area contributed by atoms with Crippen LogP contribution in [0.4, 0.5) is 0 Å². The topological polar surface area (TPSA) is 99.6 Å². The molecule has 0 aliphatic heterocycles. The van der Waals surface area contributed by atoms with Crippen LogP contribution in [0.2, 0.25) is 0 Å². The van der Waals surface area contributed by atoms with Crippen LogP contribution in [0.3, 0.4) is 0 Å². The summed E-state index contributed by atoms with van der Waals surface area (Å²) in [7, 11) is 0. The van der Waals surface area contributed by atoms with Crippen molar-refractivity contribution in [2.24, 2.45) is 5.73 Å². The number of benzene rings is 1. The molecule has 0 spiro atoms. The van der Waals surface area contributed by atoms with Crippen molar-refractivity contribution in [1.82, 2.24) is 0 Å². The minimum Gasteiger partial charge on any atom is -0.504 e. The highest BCUT2D eigenvalue weighted by atomic mass is 35.5. The van der Waals surface area contributed by atoms with Gasteiger partial charge in [-0.3, -0.25) is 5.41 Å². The number of hydrogen-bond acceptors (Lipinski definition) is 4. The number of ether oxygens (including phenoxy) is 1. The highest BCUT2D eigenvalue weighted by molar-refractivity contribution is 5.95. The van der Waals surface area contributed by atoms with Crippen LogP contribution in [0.25, 0.3) is 0 Å². The fourth-order valence-electron chi connectivity index (χ4n) is 0.953. The van der Waals surface area contributed by atoms with Gasteiger partial charge in [0, 0.05) is 5.56 Å². The van der Waals surface area contributed by atoms with Crippen molar-refractivity contribution in [2.75, 3.05) is 13.2 Å². The molecule has 0 bridgehead atoms. The van der Waals surface area contributed by atoms with Crippen molar-refractivity contribution in [3.63, 3.8) is 0 Å². The molecule has 0 saturated carbocycles. The standard InChI is InChI=1S/C9H12N2O3.ClH/c10-9(11)6-1-2-7(13)8(5-6)14-4-3-12;/h1-2,5,12-13H,3-4H2,(H3,10,11);1H. The molecule has 0 atom stereocenters. The Labute approximate surface area is 93.4 Å². The van der Waals surface area contributed by atoms with Crippen molar-refractivity contribution in [3.8, 4) is 11.5 Å². The van der Waals surface area contributed by atoms with Gasteiger partial charge < -0.3 is 20.7 Å². The second-order valence-corrected chi connectivity index (χ2v) is 2.67.